The SMILES string of the molecule is CCCCCCC1(CO)CCNCC1. The molecule has 1 saturated heterocycles. The van der Waals surface area contributed by atoms with Crippen molar-refractivity contribution in [2.24, 2.45) is 5.41 Å². The zero-order chi connectivity index (χ0) is 10.3. The summed E-state index contributed by atoms with van der Waals surface area (Å²) in [6, 6.07) is 0. The van der Waals surface area contributed by atoms with E-state index < -0.39 is 0 Å². The maximum Gasteiger partial charge on any atom is 0.0488 e. The predicted molar refractivity (Wildman–Crippen MR) is 60.4 cm³/mol. The molecule has 0 aromatic heterocycles. The number of aliphatic hydroxyl groups is 1. The van der Waals surface area contributed by atoms with E-state index in [0.717, 1.165) is 25.9 Å². The Balaban J connectivity index is 2.22. The van der Waals surface area contributed by atoms with Gasteiger partial charge in [-0.1, -0.05) is 32.6 Å². The number of unbranched alkanes of at least 4 members (excludes halogenated alkanes) is 3. The maximum atomic E-state index is 9.47. The van der Waals surface area contributed by atoms with Gasteiger partial charge in [0.2, 0.25) is 0 Å². The molecule has 0 amide bonds. The Morgan fingerprint density at radius 3 is 2.43 bits per heavy atom. The largest absolute Gasteiger partial charge is 0.396 e. The zero-order valence-electron chi connectivity index (χ0n) is 9.52. The first-order valence-corrected chi connectivity index (χ1v) is 6.14. The van der Waals surface area contributed by atoms with E-state index in [1.54, 1.807) is 0 Å². The summed E-state index contributed by atoms with van der Waals surface area (Å²) in [5, 5.41) is 12.8. The first-order chi connectivity index (χ1) is 6.83. The highest BCUT2D eigenvalue weighted by Crippen LogP contribution is 2.33. The molecule has 0 radical (unpaired) electrons. The van der Waals surface area contributed by atoms with Gasteiger partial charge in [-0.05, 0) is 37.8 Å². The van der Waals surface area contributed by atoms with Crippen LogP contribution in [0.5, 0.6) is 0 Å². The Labute approximate surface area is 88.1 Å². The maximum absolute atomic E-state index is 9.47. The van der Waals surface area contributed by atoms with Crippen molar-refractivity contribution in [1.29, 1.82) is 0 Å². The van der Waals surface area contributed by atoms with E-state index >= 15 is 0 Å². The second-order valence-electron chi connectivity index (χ2n) is 4.72. The number of piperidine rings is 1. The number of nitrogens with one attached hydrogen (secondary N) is 1. The fourth-order valence-electron chi connectivity index (χ4n) is 2.37. The normalized spacial score (nSPS) is 21.0. The van der Waals surface area contributed by atoms with E-state index in [1.807, 2.05) is 0 Å². The van der Waals surface area contributed by atoms with E-state index in [-0.39, 0.29) is 5.41 Å². The Hall–Kier alpha value is -0.0800. The van der Waals surface area contributed by atoms with Crippen LogP contribution in [-0.2, 0) is 0 Å². The van der Waals surface area contributed by atoms with Gasteiger partial charge >= 0.3 is 0 Å². The molecule has 1 rings (SSSR count). The molecule has 1 fully saturated rings. The van der Waals surface area contributed by atoms with Gasteiger partial charge in [-0.25, -0.2) is 0 Å². The van der Waals surface area contributed by atoms with E-state index in [4.69, 9.17) is 0 Å². The smallest absolute Gasteiger partial charge is 0.0488 e. The van der Waals surface area contributed by atoms with Crippen molar-refractivity contribution in [2.75, 3.05) is 19.7 Å². The summed E-state index contributed by atoms with van der Waals surface area (Å²) >= 11 is 0. The van der Waals surface area contributed by atoms with Gasteiger partial charge in [0.15, 0.2) is 0 Å². The number of aliphatic hydroxyl groups excluding tert-OH is 1. The lowest BCUT2D eigenvalue weighted by atomic mass is 9.75. The second kappa shape index (κ2) is 6.41. The number of hydrogen-bond donors (Lipinski definition) is 2. The minimum atomic E-state index is 0.263. The Kier molecular flexibility index (Phi) is 5.49. The monoisotopic (exact) mass is 199 g/mol. The van der Waals surface area contributed by atoms with Crippen LogP contribution in [-0.4, -0.2) is 24.8 Å². The first kappa shape index (κ1) is 12.0. The van der Waals surface area contributed by atoms with Gasteiger partial charge in [0.05, 0.1) is 0 Å². The summed E-state index contributed by atoms with van der Waals surface area (Å²) in [6.45, 7) is 4.82. The third-order valence-electron chi connectivity index (χ3n) is 3.56. The Bertz CT molecular complexity index is 141. The highest BCUT2D eigenvalue weighted by molar-refractivity contribution is 4.83. The van der Waals surface area contributed by atoms with E-state index in [2.05, 4.69) is 12.2 Å². The van der Waals surface area contributed by atoms with Gasteiger partial charge in [0.1, 0.15) is 0 Å². The summed E-state index contributed by atoms with van der Waals surface area (Å²) in [7, 11) is 0. The molecule has 0 aromatic carbocycles. The van der Waals surface area contributed by atoms with Crippen molar-refractivity contribution in [3.05, 3.63) is 0 Å². The Morgan fingerprint density at radius 1 is 1.14 bits per heavy atom. The summed E-state index contributed by atoms with van der Waals surface area (Å²) in [5.74, 6) is 0. The zero-order valence-corrected chi connectivity index (χ0v) is 9.52. The average Bonchev–Trinajstić information content (AvgIpc) is 2.26. The predicted octanol–water partition coefficient (Wildman–Crippen LogP) is 2.32. The molecular formula is C12H25NO. The van der Waals surface area contributed by atoms with Crippen molar-refractivity contribution in [1.82, 2.24) is 5.32 Å². The van der Waals surface area contributed by atoms with Crippen LogP contribution in [0.2, 0.25) is 0 Å². The first-order valence-electron chi connectivity index (χ1n) is 6.14. The van der Waals surface area contributed by atoms with Crippen molar-refractivity contribution < 1.29 is 5.11 Å². The van der Waals surface area contributed by atoms with Crippen LogP contribution in [0.4, 0.5) is 0 Å². The summed E-state index contributed by atoms with van der Waals surface area (Å²) in [4.78, 5) is 0. The molecule has 1 heterocycles. The third kappa shape index (κ3) is 3.58. The molecule has 2 heteroatoms. The molecule has 0 atom stereocenters. The lowest BCUT2D eigenvalue weighted by molar-refractivity contribution is 0.0775. The van der Waals surface area contributed by atoms with Gasteiger partial charge in [-0.3, -0.25) is 0 Å². The molecule has 1 aliphatic heterocycles. The minimum Gasteiger partial charge on any atom is -0.396 e. The van der Waals surface area contributed by atoms with Crippen LogP contribution in [0.3, 0.4) is 0 Å². The Morgan fingerprint density at radius 2 is 1.86 bits per heavy atom. The fraction of sp³-hybridized carbons (Fsp3) is 1.00. The number of hydrogen-bond acceptors (Lipinski definition) is 2. The standard InChI is InChI=1S/C12H25NO/c1-2-3-4-5-6-12(11-14)7-9-13-10-8-12/h13-14H,2-11H2,1H3. The summed E-state index contributed by atoms with van der Waals surface area (Å²) in [6.07, 6.45) is 8.84. The number of rotatable bonds is 6. The van der Waals surface area contributed by atoms with Crippen molar-refractivity contribution in [2.45, 2.75) is 51.9 Å². The third-order valence-corrected chi connectivity index (χ3v) is 3.56. The minimum absolute atomic E-state index is 0.263. The van der Waals surface area contributed by atoms with Gasteiger partial charge in [0, 0.05) is 6.61 Å². The highest BCUT2D eigenvalue weighted by atomic mass is 16.3. The molecular weight excluding hydrogens is 174 g/mol. The molecule has 1 aliphatic rings. The van der Waals surface area contributed by atoms with Gasteiger partial charge in [0.25, 0.3) is 0 Å². The van der Waals surface area contributed by atoms with E-state index in [9.17, 15) is 5.11 Å². The van der Waals surface area contributed by atoms with E-state index in [1.165, 1.54) is 32.1 Å². The molecule has 0 saturated carbocycles. The quantitative estimate of drug-likeness (QED) is 0.643. The van der Waals surface area contributed by atoms with Gasteiger partial charge < -0.3 is 10.4 Å². The van der Waals surface area contributed by atoms with Crippen LogP contribution < -0.4 is 5.32 Å². The lowest BCUT2D eigenvalue weighted by Crippen LogP contribution is -2.39. The van der Waals surface area contributed by atoms with Crippen LogP contribution in [0.1, 0.15) is 51.9 Å². The van der Waals surface area contributed by atoms with Crippen molar-refractivity contribution in [3.63, 3.8) is 0 Å². The molecule has 0 bridgehead atoms. The molecule has 84 valence electrons. The molecule has 0 spiro atoms. The molecule has 0 aromatic rings. The topological polar surface area (TPSA) is 32.3 Å². The van der Waals surface area contributed by atoms with Gasteiger partial charge in [-0.2, -0.15) is 0 Å². The second-order valence-corrected chi connectivity index (χ2v) is 4.72. The molecule has 2 nitrogen and oxygen atoms in total. The molecule has 0 aliphatic carbocycles. The van der Waals surface area contributed by atoms with Gasteiger partial charge in [-0.15, -0.1) is 0 Å². The van der Waals surface area contributed by atoms with Crippen molar-refractivity contribution in [3.8, 4) is 0 Å². The molecule has 0 unspecified atom stereocenters. The molecule has 2 N–H and O–H groups in total. The van der Waals surface area contributed by atoms with Crippen LogP contribution in [0, 0.1) is 5.41 Å². The van der Waals surface area contributed by atoms with E-state index in [0.29, 0.717) is 6.61 Å². The van der Waals surface area contributed by atoms with Crippen LogP contribution in [0.25, 0.3) is 0 Å². The van der Waals surface area contributed by atoms with Crippen molar-refractivity contribution >= 4 is 0 Å². The average molecular weight is 199 g/mol. The molecule has 14 heavy (non-hydrogen) atoms. The van der Waals surface area contributed by atoms with Crippen LogP contribution >= 0.6 is 0 Å². The lowest BCUT2D eigenvalue weighted by Gasteiger charge is -2.36. The fourth-order valence-corrected chi connectivity index (χ4v) is 2.37. The van der Waals surface area contributed by atoms with Crippen LogP contribution in [0.15, 0.2) is 0 Å². The highest BCUT2D eigenvalue weighted by Gasteiger charge is 2.30. The summed E-state index contributed by atoms with van der Waals surface area (Å²) < 4.78 is 0. The summed E-state index contributed by atoms with van der Waals surface area (Å²) in [5.41, 5.74) is 0.263.